The van der Waals surface area contributed by atoms with E-state index in [0.717, 1.165) is 30.7 Å². The first-order valence-electron chi connectivity index (χ1n) is 11.8. The number of unbranched alkanes of at least 4 members (excludes halogenated alkanes) is 1. The highest BCUT2D eigenvalue weighted by Gasteiger charge is 2.25. The summed E-state index contributed by atoms with van der Waals surface area (Å²) < 4.78 is 33.4. The number of imidazole rings is 1. The van der Waals surface area contributed by atoms with Crippen LogP contribution < -0.4 is 0 Å². The number of ether oxygens (including phenoxy) is 1. The van der Waals surface area contributed by atoms with Crippen LogP contribution in [-0.4, -0.2) is 91.0 Å². The van der Waals surface area contributed by atoms with Crippen LogP contribution in [0.2, 0.25) is 0 Å². The Labute approximate surface area is 201 Å². The molecule has 0 radical (unpaired) electrons. The average molecular weight is 494 g/mol. The molecule has 11 heteroatoms. The minimum atomic E-state index is -3.56. The van der Waals surface area contributed by atoms with Gasteiger partial charge in [0.25, 0.3) is 0 Å². The molecule has 0 bridgehead atoms. The van der Waals surface area contributed by atoms with Crippen LogP contribution >= 0.6 is 0 Å². The highest BCUT2D eigenvalue weighted by molar-refractivity contribution is 7.89. The van der Waals surface area contributed by atoms with E-state index in [9.17, 15) is 18.0 Å². The Morgan fingerprint density at radius 1 is 1.09 bits per heavy atom. The third-order valence-electron chi connectivity index (χ3n) is 6.03. The third kappa shape index (κ3) is 5.69. The second-order valence-corrected chi connectivity index (χ2v) is 10.7. The number of amides is 2. The molecular weight excluding hydrogens is 458 g/mol. The number of hydrogen-bond acceptors (Lipinski definition) is 6. The summed E-state index contributed by atoms with van der Waals surface area (Å²) in [6.07, 6.45) is 2.40. The quantitative estimate of drug-likeness (QED) is 0.531. The van der Waals surface area contributed by atoms with Crippen molar-refractivity contribution < 1.29 is 22.7 Å². The number of benzene rings is 1. The number of sulfonamides is 1. The van der Waals surface area contributed by atoms with Gasteiger partial charge in [-0.2, -0.15) is 0 Å². The van der Waals surface area contributed by atoms with Gasteiger partial charge in [-0.15, -0.1) is 0 Å². The molecule has 0 aliphatic carbocycles. The van der Waals surface area contributed by atoms with Crippen molar-refractivity contribution in [3.63, 3.8) is 0 Å². The predicted molar refractivity (Wildman–Crippen MR) is 129 cm³/mol. The first kappa shape index (κ1) is 26.0. The van der Waals surface area contributed by atoms with Gasteiger partial charge >= 0.3 is 6.09 Å². The predicted octanol–water partition coefficient (Wildman–Crippen LogP) is 2.32. The Morgan fingerprint density at radius 2 is 1.76 bits per heavy atom. The molecule has 188 valence electrons. The van der Waals surface area contributed by atoms with Crippen LogP contribution in [0.5, 0.6) is 0 Å². The van der Waals surface area contributed by atoms with Crippen LogP contribution in [0.3, 0.4) is 0 Å². The molecule has 1 aliphatic heterocycles. The lowest BCUT2D eigenvalue weighted by molar-refractivity contribution is -0.132. The zero-order valence-electron chi connectivity index (χ0n) is 20.5. The molecule has 34 heavy (non-hydrogen) atoms. The molecule has 0 spiro atoms. The Bertz CT molecular complexity index is 1120. The summed E-state index contributed by atoms with van der Waals surface area (Å²) in [5.41, 5.74) is 1.49. The molecule has 0 N–H and O–H groups in total. The highest BCUT2D eigenvalue weighted by atomic mass is 32.2. The van der Waals surface area contributed by atoms with Crippen LogP contribution in [0.4, 0.5) is 4.79 Å². The topological polar surface area (TPSA) is 105 Å². The van der Waals surface area contributed by atoms with Gasteiger partial charge in [0.1, 0.15) is 5.82 Å². The molecule has 0 unspecified atom stereocenters. The van der Waals surface area contributed by atoms with Crippen LogP contribution in [-0.2, 0) is 32.5 Å². The van der Waals surface area contributed by atoms with E-state index in [1.165, 1.54) is 18.4 Å². The van der Waals surface area contributed by atoms with Crippen molar-refractivity contribution in [3.8, 4) is 0 Å². The van der Waals surface area contributed by atoms with E-state index < -0.39 is 10.0 Å². The number of aromatic nitrogens is 2. The van der Waals surface area contributed by atoms with Crippen LogP contribution in [0.15, 0.2) is 23.1 Å². The normalized spacial score (nSPS) is 14.7. The molecule has 1 saturated heterocycles. The number of fused-ring (bicyclic) bond motifs is 1. The van der Waals surface area contributed by atoms with Gasteiger partial charge in [-0.3, -0.25) is 4.79 Å². The molecule has 1 aromatic heterocycles. The fourth-order valence-corrected chi connectivity index (χ4v) is 4.94. The van der Waals surface area contributed by atoms with Crippen molar-refractivity contribution in [1.29, 1.82) is 0 Å². The second-order valence-electron chi connectivity index (χ2n) is 8.54. The maximum atomic E-state index is 12.8. The zero-order chi connectivity index (χ0) is 24.9. The van der Waals surface area contributed by atoms with Gasteiger partial charge in [-0.05, 0) is 31.5 Å². The van der Waals surface area contributed by atoms with E-state index in [2.05, 4.69) is 11.5 Å². The first-order chi connectivity index (χ1) is 16.2. The fraction of sp³-hybridized carbons (Fsp3) is 0.609. The molecule has 1 fully saturated rings. The second kappa shape index (κ2) is 11.2. The Hall–Kier alpha value is -2.66. The molecule has 1 aromatic carbocycles. The zero-order valence-corrected chi connectivity index (χ0v) is 21.3. The number of carbonyl (C=O) groups excluding carboxylic acids is 2. The Kier molecular flexibility index (Phi) is 8.53. The van der Waals surface area contributed by atoms with Crippen LogP contribution in [0, 0.1) is 0 Å². The summed E-state index contributed by atoms with van der Waals surface area (Å²) in [5.74, 6) is 0.801. The maximum Gasteiger partial charge on any atom is 0.409 e. The Balaban J connectivity index is 1.73. The minimum Gasteiger partial charge on any atom is -0.450 e. The van der Waals surface area contributed by atoms with Crippen molar-refractivity contribution in [2.45, 2.75) is 51.0 Å². The molecule has 2 aromatic rings. The van der Waals surface area contributed by atoms with Gasteiger partial charge in [0.2, 0.25) is 15.9 Å². The van der Waals surface area contributed by atoms with Crippen LogP contribution in [0.1, 0.15) is 38.9 Å². The van der Waals surface area contributed by atoms with Crippen molar-refractivity contribution in [1.82, 2.24) is 23.7 Å². The number of aryl methyl sites for hydroxylation is 2. The number of rotatable bonds is 9. The third-order valence-corrected chi connectivity index (χ3v) is 7.84. The number of hydrogen-bond donors (Lipinski definition) is 0. The summed E-state index contributed by atoms with van der Waals surface area (Å²) in [5, 5.41) is 0. The summed E-state index contributed by atoms with van der Waals surface area (Å²) in [6.45, 7) is 6.86. The molecule has 2 amide bonds. The van der Waals surface area contributed by atoms with E-state index >= 15 is 0 Å². The highest BCUT2D eigenvalue weighted by Crippen LogP contribution is 2.23. The van der Waals surface area contributed by atoms with Crippen molar-refractivity contribution in [2.24, 2.45) is 0 Å². The molecule has 0 atom stereocenters. The summed E-state index contributed by atoms with van der Waals surface area (Å²) >= 11 is 0. The van der Waals surface area contributed by atoms with E-state index in [1.54, 1.807) is 34.9 Å². The Morgan fingerprint density at radius 3 is 2.38 bits per heavy atom. The van der Waals surface area contributed by atoms with Gasteiger partial charge < -0.3 is 19.1 Å². The SMILES string of the molecule is CCCCn1c(CCC(=O)N2CCN(C(=O)OCC)CC2)nc2cc(S(=O)(=O)N(C)C)ccc21. The summed E-state index contributed by atoms with van der Waals surface area (Å²) in [4.78, 5) is 33.0. The van der Waals surface area contributed by atoms with E-state index in [1.807, 2.05) is 0 Å². The maximum absolute atomic E-state index is 12.8. The van der Waals surface area contributed by atoms with Crippen LogP contribution in [0.25, 0.3) is 11.0 Å². The lowest BCUT2D eigenvalue weighted by Gasteiger charge is -2.34. The standard InChI is InChI=1S/C23H35N5O5S/c1-5-7-12-28-20-9-8-18(34(31,32)25(3)4)17-19(20)24-21(28)10-11-22(29)26-13-15-27(16-14-26)23(30)33-6-2/h8-9,17H,5-7,10-16H2,1-4H3. The smallest absolute Gasteiger partial charge is 0.409 e. The number of carbonyl (C=O) groups is 2. The number of piperazine rings is 1. The van der Waals surface area contributed by atoms with Gasteiger partial charge in [0.05, 0.1) is 22.5 Å². The van der Waals surface area contributed by atoms with E-state index in [0.29, 0.717) is 51.1 Å². The largest absolute Gasteiger partial charge is 0.450 e. The van der Waals surface area contributed by atoms with Crippen molar-refractivity contribution in [3.05, 3.63) is 24.0 Å². The van der Waals surface area contributed by atoms with Crippen molar-refractivity contribution >= 4 is 33.1 Å². The average Bonchev–Trinajstić information content (AvgIpc) is 3.17. The molecule has 10 nitrogen and oxygen atoms in total. The minimum absolute atomic E-state index is 0.0217. The van der Waals surface area contributed by atoms with Gasteiger partial charge in [0.15, 0.2) is 0 Å². The molecule has 3 rings (SSSR count). The number of nitrogens with zero attached hydrogens (tertiary/aromatic N) is 5. The monoisotopic (exact) mass is 493 g/mol. The first-order valence-corrected chi connectivity index (χ1v) is 13.2. The molecule has 1 aliphatic rings. The molecule has 0 saturated carbocycles. The van der Waals surface area contributed by atoms with E-state index in [-0.39, 0.29) is 16.9 Å². The summed E-state index contributed by atoms with van der Waals surface area (Å²) in [7, 11) is -0.551. The van der Waals surface area contributed by atoms with Gasteiger partial charge in [-0.25, -0.2) is 22.5 Å². The van der Waals surface area contributed by atoms with Gasteiger partial charge in [0, 0.05) is 59.7 Å². The lowest BCUT2D eigenvalue weighted by atomic mass is 10.2. The van der Waals surface area contributed by atoms with E-state index in [4.69, 9.17) is 9.72 Å². The van der Waals surface area contributed by atoms with Gasteiger partial charge in [-0.1, -0.05) is 13.3 Å². The summed E-state index contributed by atoms with van der Waals surface area (Å²) in [6, 6.07) is 5.01. The fourth-order valence-electron chi connectivity index (χ4n) is 4.02. The lowest BCUT2D eigenvalue weighted by Crippen LogP contribution is -2.50. The molecule has 2 heterocycles. The van der Waals surface area contributed by atoms with Crippen molar-refractivity contribution in [2.75, 3.05) is 46.9 Å². The molecular formula is C23H35N5O5S.